The predicted molar refractivity (Wildman–Crippen MR) is 105 cm³/mol. The van der Waals surface area contributed by atoms with E-state index < -0.39 is 5.97 Å². The van der Waals surface area contributed by atoms with Crippen LogP contribution in [0.5, 0.6) is 0 Å². The van der Waals surface area contributed by atoms with E-state index in [1.54, 1.807) is 24.3 Å². The molecule has 0 saturated heterocycles. The molecule has 2 aromatic carbocycles. The van der Waals surface area contributed by atoms with Crippen LogP contribution in [-0.2, 0) is 27.3 Å². The molecular formula is C21H21N3O4. The molecule has 0 aliphatic carbocycles. The molecule has 3 rings (SSSR count). The zero-order valence-corrected chi connectivity index (χ0v) is 15.5. The first-order valence-electron chi connectivity index (χ1n) is 8.97. The minimum atomic E-state index is -0.526. The third-order valence-electron chi connectivity index (χ3n) is 4.33. The first kappa shape index (κ1) is 19.3. The average Bonchev–Trinajstić information content (AvgIpc) is 2.70. The van der Waals surface area contributed by atoms with Crippen molar-refractivity contribution in [1.29, 1.82) is 0 Å². The highest BCUT2D eigenvalue weighted by Gasteiger charge is 2.10. The number of carbonyl (C=O) groups excluding carboxylic acids is 2. The van der Waals surface area contributed by atoms with Gasteiger partial charge in [-0.15, -0.1) is 0 Å². The van der Waals surface area contributed by atoms with Gasteiger partial charge < -0.3 is 15.0 Å². The van der Waals surface area contributed by atoms with Crippen molar-refractivity contribution in [2.45, 2.75) is 26.3 Å². The summed E-state index contributed by atoms with van der Waals surface area (Å²) in [7, 11) is 0. The zero-order valence-electron chi connectivity index (χ0n) is 15.5. The molecule has 2 N–H and O–H groups in total. The van der Waals surface area contributed by atoms with Crippen LogP contribution in [-0.4, -0.2) is 28.5 Å². The van der Waals surface area contributed by atoms with Crippen molar-refractivity contribution in [2.24, 2.45) is 0 Å². The molecule has 0 atom stereocenters. The smallest absolute Gasteiger partial charge is 0.306 e. The molecule has 0 unspecified atom stereocenters. The lowest BCUT2D eigenvalue weighted by molar-refractivity contribution is -0.148. The Hall–Kier alpha value is -3.48. The Morgan fingerprint density at radius 2 is 1.86 bits per heavy atom. The van der Waals surface area contributed by atoms with Gasteiger partial charge in [0.05, 0.1) is 17.3 Å². The number of fused-ring (bicyclic) bond motifs is 1. The van der Waals surface area contributed by atoms with Gasteiger partial charge in [0.15, 0.2) is 6.61 Å². The number of hydrogen-bond donors (Lipinski definition) is 2. The molecular weight excluding hydrogens is 358 g/mol. The molecule has 3 aromatic rings. The second kappa shape index (κ2) is 8.94. The Labute approximate surface area is 161 Å². The largest absolute Gasteiger partial charge is 0.456 e. The van der Waals surface area contributed by atoms with E-state index in [2.05, 4.69) is 15.3 Å². The topological polar surface area (TPSA) is 101 Å². The lowest BCUT2D eigenvalue weighted by Gasteiger charge is -2.08. The Morgan fingerprint density at radius 1 is 1.11 bits per heavy atom. The van der Waals surface area contributed by atoms with Crippen LogP contribution in [0.2, 0.25) is 0 Å². The minimum Gasteiger partial charge on any atom is -0.456 e. The van der Waals surface area contributed by atoms with Crippen molar-refractivity contribution in [1.82, 2.24) is 15.3 Å². The maximum absolute atomic E-state index is 12.0. The fraction of sp³-hybridized carbons (Fsp3) is 0.238. The van der Waals surface area contributed by atoms with Crippen LogP contribution < -0.4 is 10.9 Å². The highest BCUT2D eigenvalue weighted by molar-refractivity contribution is 5.80. The van der Waals surface area contributed by atoms with Gasteiger partial charge in [-0.1, -0.05) is 36.4 Å². The number of rotatable bonds is 7. The van der Waals surface area contributed by atoms with Crippen LogP contribution in [0, 0.1) is 6.92 Å². The maximum Gasteiger partial charge on any atom is 0.306 e. The first-order valence-corrected chi connectivity index (χ1v) is 8.97. The van der Waals surface area contributed by atoms with E-state index in [0.717, 1.165) is 11.1 Å². The van der Waals surface area contributed by atoms with Gasteiger partial charge in [-0.25, -0.2) is 4.98 Å². The Morgan fingerprint density at radius 3 is 2.68 bits per heavy atom. The average molecular weight is 379 g/mol. The first-order chi connectivity index (χ1) is 13.5. The number of nitrogens with zero attached hydrogens (tertiary/aromatic N) is 1. The van der Waals surface area contributed by atoms with Crippen molar-refractivity contribution in [3.8, 4) is 0 Å². The molecule has 7 nitrogen and oxygen atoms in total. The standard InChI is InChI=1S/C21H21N3O4/c1-14-6-2-3-7-15(14)12-22-19(25)13-28-20(26)11-10-18-23-17-9-5-4-8-16(17)21(27)24-18/h2-9H,10-13H2,1H3,(H,22,25)(H,23,24,27). The summed E-state index contributed by atoms with van der Waals surface area (Å²) in [5, 5.41) is 3.22. The summed E-state index contributed by atoms with van der Waals surface area (Å²) < 4.78 is 4.99. The van der Waals surface area contributed by atoms with Gasteiger partial charge in [0, 0.05) is 13.0 Å². The molecule has 0 bridgehead atoms. The van der Waals surface area contributed by atoms with Crippen LogP contribution in [0.3, 0.4) is 0 Å². The second-order valence-electron chi connectivity index (χ2n) is 6.39. The van der Waals surface area contributed by atoms with Crippen molar-refractivity contribution in [3.63, 3.8) is 0 Å². The number of aromatic nitrogens is 2. The Balaban J connectivity index is 1.45. The number of para-hydroxylation sites is 1. The number of carbonyl (C=O) groups is 2. The molecule has 1 amide bonds. The number of benzene rings is 2. The van der Waals surface area contributed by atoms with E-state index in [1.165, 1.54) is 0 Å². The lowest BCUT2D eigenvalue weighted by atomic mass is 10.1. The van der Waals surface area contributed by atoms with Crippen LogP contribution in [0.1, 0.15) is 23.4 Å². The van der Waals surface area contributed by atoms with Gasteiger partial charge in [0.1, 0.15) is 5.82 Å². The summed E-state index contributed by atoms with van der Waals surface area (Å²) in [6.45, 7) is 2.00. The van der Waals surface area contributed by atoms with Crippen LogP contribution >= 0.6 is 0 Å². The van der Waals surface area contributed by atoms with Crippen molar-refractivity contribution >= 4 is 22.8 Å². The highest BCUT2D eigenvalue weighted by Crippen LogP contribution is 2.07. The molecule has 144 valence electrons. The SMILES string of the molecule is Cc1ccccc1CNC(=O)COC(=O)CCc1nc2ccccc2c(=O)[nH]1. The molecule has 0 saturated carbocycles. The fourth-order valence-electron chi connectivity index (χ4n) is 2.75. The molecule has 0 fully saturated rings. The summed E-state index contributed by atoms with van der Waals surface area (Å²) in [5.74, 6) is -0.486. The molecule has 7 heteroatoms. The van der Waals surface area contributed by atoms with Crippen molar-refractivity contribution < 1.29 is 14.3 Å². The van der Waals surface area contributed by atoms with Crippen molar-refractivity contribution in [2.75, 3.05) is 6.61 Å². The Bertz CT molecular complexity index is 1060. The fourth-order valence-corrected chi connectivity index (χ4v) is 2.75. The molecule has 0 radical (unpaired) electrons. The second-order valence-corrected chi connectivity index (χ2v) is 6.39. The maximum atomic E-state index is 12.0. The lowest BCUT2D eigenvalue weighted by Crippen LogP contribution is -2.28. The van der Waals surface area contributed by atoms with Gasteiger partial charge in [0.2, 0.25) is 0 Å². The van der Waals surface area contributed by atoms with Crippen molar-refractivity contribution in [3.05, 3.63) is 75.8 Å². The summed E-state index contributed by atoms with van der Waals surface area (Å²) in [6.07, 6.45) is 0.246. The van der Waals surface area contributed by atoms with Crippen LogP contribution in [0.15, 0.2) is 53.3 Å². The van der Waals surface area contributed by atoms with E-state index in [9.17, 15) is 14.4 Å². The quantitative estimate of drug-likeness (QED) is 0.612. The summed E-state index contributed by atoms with van der Waals surface area (Å²) in [6, 6.07) is 14.7. The van der Waals surface area contributed by atoms with Crippen LogP contribution in [0.4, 0.5) is 0 Å². The number of aromatic amines is 1. The molecule has 28 heavy (non-hydrogen) atoms. The number of amides is 1. The number of ether oxygens (including phenoxy) is 1. The normalized spacial score (nSPS) is 10.6. The number of hydrogen-bond acceptors (Lipinski definition) is 5. The van der Waals surface area contributed by atoms with Gasteiger partial charge in [0.25, 0.3) is 11.5 Å². The predicted octanol–water partition coefficient (Wildman–Crippen LogP) is 2.02. The molecule has 1 heterocycles. The van der Waals surface area contributed by atoms with Gasteiger partial charge in [-0.2, -0.15) is 0 Å². The van der Waals surface area contributed by atoms with Gasteiger partial charge >= 0.3 is 5.97 Å². The van der Waals surface area contributed by atoms with E-state index in [1.807, 2.05) is 31.2 Å². The highest BCUT2D eigenvalue weighted by atomic mass is 16.5. The molecule has 0 aliphatic heterocycles. The van der Waals surface area contributed by atoms with E-state index in [0.29, 0.717) is 23.3 Å². The van der Waals surface area contributed by atoms with E-state index >= 15 is 0 Å². The minimum absolute atomic E-state index is 0.0202. The number of H-pyrrole nitrogens is 1. The molecule has 0 spiro atoms. The monoisotopic (exact) mass is 379 g/mol. The molecule has 0 aliphatic rings. The van der Waals surface area contributed by atoms with E-state index in [4.69, 9.17) is 4.74 Å². The van der Waals surface area contributed by atoms with E-state index in [-0.39, 0.29) is 30.9 Å². The van der Waals surface area contributed by atoms with Gasteiger partial charge in [-0.3, -0.25) is 14.4 Å². The third kappa shape index (κ3) is 5.03. The summed E-state index contributed by atoms with van der Waals surface area (Å²) in [4.78, 5) is 42.7. The number of aryl methyl sites for hydroxylation is 2. The van der Waals surface area contributed by atoms with Crippen LogP contribution in [0.25, 0.3) is 10.9 Å². The third-order valence-corrected chi connectivity index (χ3v) is 4.33. The number of esters is 1. The Kier molecular flexibility index (Phi) is 6.16. The number of nitrogens with one attached hydrogen (secondary N) is 2. The molecule has 1 aromatic heterocycles. The summed E-state index contributed by atoms with van der Waals surface area (Å²) in [5.41, 5.74) is 2.42. The van der Waals surface area contributed by atoms with Gasteiger partial charge in [-0.05, 0) is 30.2 Å². The zero-order chi connectivity index (χ0) is 19.9. The summed E-state index contributed by atoms with van der Waals surface area (Å²) >= 11 is 0.